The summed E-state index contributed by atoms with van der Waals surface area (Å²) in [5.74, 6) is 0.343. The zero-order chi connectivity index (χ0) is 12.7. The van der Waals surface area contributed by atoms with Crippen molar-refractivity contribution in [1.82, 2.24) is 5.32 Å². The molecule has 0 aromatic heterocycles. The van der Waals surface area contributed by atoms with Gasteiger partial charge in [0.15, 0.2) is 0 Å². The fraction of sp³-hybridized carbons (Fsp3) is 0.385. The first kappa shape index (κ1) is 14.2. The average Bonchev–Trinajstić information content (AvgIpc) is 2.31. The molecule has 0 saturated carbocycles. The molecule has 0 heterocycles. The van der Waals surface area contributed by atoms with E-state index in [0.29, 0.717) is 16.8 Å². The summed E-state index contributed by atoms with van der Waals surface area (Å²) >= 11 is 3.11. The fourth-order valence-electron chi connectivity index (χ4n) is 1.25. The highest BCUT2D eigenvalue weighted by Gasteiger charge is 2.02. The number of hydrogen-bond donors (Lipinski definition) is 1. The van der Waals surface area contributed by atoms with Gasteiger partial charge >= 0.3 is 0 Å². The van der Waals surface area contributed by atoms with Crippen molar-refractivity contribution in [3.05, 3.63) is 40.6 Å². The standard InChI is InChI=1S/C13H17BrFNO/c1-3-6-16-8-10(2)9-17-11-4-5-13(15)12(14)7-11/h4-5,7,16H,2-3,6,8-9H2,1H3. The zero-order valence-corrected chi connectivity index (χ0v) is 11.5. The molecule has 0 bridgehead atoms. The van der Waals surface area contributed by atoms with Gasteiger partial charge in [-0.3, -0.25) is 0 Å². The minimum absolute atomic E-state index is 0.291. The molecule has 0 fully saturated rings. The van der Waals surface area contributed by atoms with Crippen molar-refractivity contribution in [2.24, 2.45) is 0 Å². The van der Waals surface area contributed by atoms with Crippen LogP contribution in [0.1, 0.15) is 13.3 Å². The van der Waals surface area contributed by atoms with Crippen molar-refractivity contribution in [2.75, 3.05) is 19.7 Å². The molecule has 17 heavy (non-hydrogen) atoms. The summed E-state index contributed by atoms with van der Waals surface area (Å²) in [6.07, 6.45) is 1.10. The van der Waals surface area contributed by atoms with Gasteiger partial charge in [-0.1, -0.05) is 13.5 Å². The van der Waals surface area contributed by atoms with E-state index in [0.717, 1.165) is 25.1 Å². The first-order valence-electron chi connectivity index (χ1n) is 5.58. The third kappa shape index (κ3) is 5.33. The lowest BCUT2D eigenvalue weighted by molar-refractivity contribution is 0.347. The highest BCUT2D eigenvalue weighted by molar-refractivity contribution is 9.10. The normalized spacial score (nSPS) is 10.3. The maximum absolute atomic E-state index is 13.0. The molecule has 1 N–H and O–H groups in total. The summed E-state index contributed by atoms with van der Waals surface area (Å²) in [5.41, 5.74) is 0.971. The van der Waals surface area contributed by atoms with Crippen molar-refractivity contribution in [1.29, 1.82) is 0 Å². The lowest BCUT2D eigenvalue weighted by Crippen LogP contribution is -2.20. The van der Waals surface area contributed by atoms with Crippen molar-refractivity contribution in [3.63, 3.8) is 0 Å². The van der Waals surface area contributed by atoms with Gasteiger partial charge in [-0.15, -0.1) is 0 Å². The molecule has 2 nitrogen and oxygen atoms in total. The lowest BCUT2D eigenvalue weighted by Gasteiger charge is -2.09. The molecule has 0 radical (unpaired) electrons. The highest BCUT2D eigenvalue weighted by atomic mass is 79.9. The third-order valence-corrected chi connectivity index (χ3v) is 2.74. The average molecular weight is 302 g/mol. The second-order valence-corrected chi connectivity index (χ2v) is 4.65. The molecule has 1 aromatic rings. The zero-order valence-electron chi connectivity index (χ0n) is 9.93. The number of halogens is 2. The Morgan fingerprint density at radius 2 is 2.29 bits per heavy atom. The van der Waals surface area contributed by atoms with Crippen LogP contribution < -0.4 is 10.1 Å². The summed E-state index contributed by atoms with van der Waals surface area (Å²) < 4.78 is 18.9. The molecule has 0 unspecified atom stereocenters. The van der Waals surface area contributed by atoms with Crippen molar-refractivity contribution < 1.29 is 9.13 Å². The number of benzene rings is 1. The first-order chi connectivity index (χ1) is 8.13. The Kier molecular flexibility index (Phi) is 6.22. The van der Waals surface area contributed by atoms with Crippen LogP contribution in [0.15, 0.2) is 34.8 Å². The molecule has 0 aliphatic rings. The highest BCUT2D eigenvalue weighted by Crippen LogP contribution is 2.21. The van der Waals surface area contributed by atoms with Crippen LogP contribution >= 0.6 is 15.9 Å². The fourth-order valence-corrected chi connectivity index (χ4v) is 1.60. The molecule has 1 rings (SSSR count). The molecule has 94 valence electrons. The van der Waals surface area contributed by atoms with E-state index in [2.05, 4.69) is 34.7 Å². The third-order valence-electron chi connectivity index (χ3n) is 2.14. The Bertz CT molecular complexity index is 382. The SMILES string of the molecule is C=C(CNCCC)COc1ccc(F)c(Br)c1. The minimum atomic E-state index is -0.291. The van der Waals surface area contributed by atoms with Crippen LogP contribution in [0.3, 0.4) is 0 Å². The van der Waals surface area contributed by atoms with Gasteiger partial charge in [-0.25, -0.2) is 4.39 Å². The summed E-state index contributed by atoms with van der Waals surface area (Å²) in [4.78, 5) is 0. The van der Waals surface area contributed by atoms with E-state index in [4.69, 9.17) is 4.74 Å². The molecule has 0 aliphatic heterocycles. The first-order valence-corrected chi connectivity index (χ1v) is 6.38. The Morgan fingerprint density at radius 3 is 2.94 bits per heavy atom. The second-order valence-electron chi connectivity index (χ2n) is 3.79. The van der Waals surface area contributed by atoms with E-state index in [-0.39, 0.29) is 5.82 Å². The largest absolute Gasteiger partial charge is 0.489 e. The van der Waals surface area contributed by atoms with Crippen LogP contribution in [-0.2, 0) is 0 Å². The van der Waals surface area contributed by atoms with E-state index in [1.54, 1.807) is 12.1 Å². The van der Waals surface area contributed by atoms with Crippen molar-refractivity contribution >= 4 is 15.9 Å². The molecule has 0 spiro atoms. The van der Waals surface area contributed by atoms with E-state index in [1.807, 2.05) is 0 Å². The van der Waals surface area contributed by atoms with E-state index in [9.17, 15) is 4.39 Å². The Labute approximate surface area is 110 Å². The quantitative estimate of drug-likeness (QED) is 0.614. The minimum Gasteiger partial charge on any atom is -0.489 e. The van der Waals surface area contributed by atoms with Gasteiger partial charge in [0.2, 0.25) is 0 Å². The predicted octanol–water partition coefficient (Wildman–Crippen LogP) is 3.52. The molecule has 4 heteroatoms. The molecule has 0 aliphatic carbocycles. The predicted molar refractivity (Wildman–Crippen MR) is 71.9 cm³/mol. The summed E-state index contributed by atoms with van der Waals surface area (Å²) in [6.45, 7) is 8.18. The maximum Gasteiger partial charge on any atom is 0.137 e. The van der Waals surface area contributed by atoms with Gasteiger partial charge in [0.25, 0.3) is 0 Å². The Morgan fingerprint density at radius 1 is 1.53 bits per heavy atom. The number of rotatable bonds is 7. The van der Waals surface area contributed by atoms with Crippen LogP contribution in [-0.4, -0.2) is 19.7 Å². The van der Waals surface area contributed by atoms with Gasteiger partial charge < -0.3 is 10.1 Å². The summed E-state index contributed by atoms with van der Waals surface area (Å²) in [5, 5.41) is 3.24. The Hall–Kier alpha value is -0.870. The molecule has 0 saturated heterocycles. The summed E-state index contributed by atoms with van der Waals surface area (Å²) in [6, 6.07) is 4.59. The van der Waals surface area contributed by atoms with Crippen LogP contribution in [0.25, 0.3) is 0 Å². The summed E-state index contributed by atoms with van der Waals surface area (Å²) in [7, 11) is 0. The van der Waals surface area contributed by atoms with E-state index >= 15 is 0 Å². The van der Waals surface area contributed by atoms with Gasteiger partial charge in [-0.05, 0) is 52.7 Å². The van der Waals surface area contributed by atoms with Crippen LogP contribution in [0.2, 0.25) is 0 Å². The van der Waals surface area contributed by atoms with Gasteiger partial charge in [0.1, 0.15) is 18.2 Å². The second kappa shape index (κ2) is 7.45. The number of hydrogen-bond acceptors (Lipinski definition) is 2. The number of ether oxygens (including phenoxy) is 1. The molecule has 0 atom stereocenters. The van der Waals surface area contributed by atoms with Crippen LogP contribution in [0.5, 0.6) is 5.75 Å². The molecule has 0 amide bonds. The van der Waals surface area contributed by atoms with Gasteiger partial charge in [0.05, 0.1) is 4.47 Å². The van der Waals surface area contributed by atoms with E-state index in [1.165, 1.54) is 6.07 Å². The van der Waals surface area contributed by atoms with Gasteiger partial charge in [-0.2, -0.15) is 0 Å². The Balaban J connectivity index is 2.34. The van der Waals surface area contributed by atoms with Crippen LogP contribution in [0.4, 0.5) is 4.39 Å². The molecular formula is C13H17BrFNO. The van der Waals surface area contributed by atoms with Crippen molar-refractivity contribution in [3.8, 4) is 5.75 Å². The van der Waals surface area contributed by atoms with Crippen LogP contribution in [0, 0.1) is 5.82 Å². The van der Waals surface area contributed by atoms with Gasteiger partial charge in [0, 0.05) is 6.54 Å². The smallest absolute Gasteiger partial charge is 0.137 e. The maximum atomic E-state index is 13.0. The number of nitrogens with one attached hydrogen (secondary N) is 1. The topological polar surface area (TPSA) is 21.3 Å². The monoisotopic (exact) mass is 301 g/mol. The molecule has 1 aromatic carbocycles. The van der Waals surface area contributed by atoms with E-state index < -0.39 is 0 Å². The lowest BCUT2D eigenvalue weighted by atomic mass is 10.3. The molecular weight excluding hydrogens is 285 g/mol. The van der Waals surface area contributed by atoms with Crippen molar-refractivity contribution in [2.45, 2.75) is 13.3 Å².